The minimum absolute atomic E-state index is 0.689. The van der Waals surface area contributed by atoms with E-state index >= 15 is 0 Å². The molecule has 0 nitrogen and oxygen atoms in total. The summed E-state index contributed by atoms with van der Waals surface area (Å²) in [6.45, 7) is 4.71. The molecule has 0 aromatic carbocycles. The maximum absolute atomic E-state index is 2.49. The molecule has 0 unspecified atom stereocenters. The van der Waals surface area contributed by atoms with E-state index in [4.69, 9.17) is 0 Å². The van der Waals surface area contributed by atoms with Crippen LogP contribution in [0.5, 0.6) is 0 Å². The summed E-state index contributed by atoms with van der Waals surface area (Å²) in [4.78, 5) is 0. The average molecular weight is 283 g/mol. The van der Waals surface area contributed by atoms with E-state index in [9.17, 15) is 0 Å². The Bertz CT molecular complexity index is 220. The molecule has 2 fully saturated rings. The molecule has 19 heavy (non-hydrogen) atoms. The van der Waals surface area contributed by atoms with E-state index < -0.39 is 0 Å². The van der Waals surface area contributed by atoms with Crippen molar-refractivity contribution in [3.05, 3.63) is 0 Å². The molecular formula is C18H34S. The van der Waals surface area contributed by atoms with Gasteiger partial charge in [0, 0.05) is 9.49 Å². The molecule has 0 aromatic heterocycles. The van der Waals surface area contributed by atoms with Crippen molar-refractivity contribution in [2.75, 3.05) is 0 Å². The van der Waals surface area contributed by atoms with E-state index in [1.54, 1.807) is 0 Å². The molecule has 0 N–H and O–H groups in total. The standard InChI is InChI=1S/C18H34S/c1-3-5-11-17(13-7-8-14-17)19-18(12-6-4-2)15-9-10-16-18/h3-16H2,1-2H3. The predicted molar refractivity (Wildman–Crippen MR) is 89.0 cm³/mol. The van der Waals surface area contributed by atoms with Crippen molar-refractivity contribution < 1.29 is 0 Å². The van der Waals surface area contributed by atoms with Crippen LogP contribution in [0.2, 0.25) is 0 Å². The summed E-state index contributed by atoms with van der Waals surface area (Å²) in [5.41, 5.74) is 0. The molecule has 2 aliphatic carbocycles. The van der Waals surface area contributed by atoms with Gasteiger partial charge in [-0.05, 0) is 38.5 Å². The molecule has 2 aliphatic rings. The number of hydrogen-bond acceptors (Lipinski definition) is 1. The Kier molecular flexibility index (Phi) is 6.11. The molecular weight excluding hydrogens is 248 g/mol. The maximum Gasteiger partial charge on any atom is 0.0165 e. The number of thioether (sulfide) groups is 1. The first-order valence-electron chi connectivity index (χ1n) is 8.94. The highest BCUT2D eigenvalue weighted by atomic mass is 32.2. The third-order valence-electron chi connectivity index (χ3n) is 5.43. The van der Waals surface area contributed by atoms with Crippen molar-refractivity contribution in [1.29, 1.82) is 0 Å². The second kappa shape index (κ2) is 7.38. The molecule has 0 heterocycles. The van der Waals surface area contributed by atoms with Crippen LogP contribution in [0.3, 0.4) is 0 Å². The Balaban J connectivity index is 2.00. The first-order valence-corrected chi connectivity index (χ1v) is 9.76. The van der Waals surface area contributed by atoms with Gasteiger partial charge in [-0.15, -0.1) is 11.8 Å². The van der Waals surface area contributed by atoms with Gasteiger partial charge in [-0.2, -0.15) is 0 Å². The Labute approximate surface area is 125 Å². The highest BCUT2D eigenvalue weighted by molar-refractivity contribution is 8.02. The normalized spacial score (nSPS) is 24.9. The van der Waals surface area contributed by atoms with Crippen molar-refractivity contribution >= 4 is 11.8 Å². The third kappa shape index (κ3) is 4.16. The Morgan fingerprint density at radius 3 is 1.37 bits per heavy atom. The fourth-order valence-electron chi connectivity index (χ4n) is 4.30. The largest absolute Gasteiger partial charge is 0.148 e. The summed E-state index contributed by atoms with van der Waals surface area (Å²) >= 11 is 2.49. The van der Waals surface area contributed by atoms with E-state index in [-0.39, 0.29) is 0 Å². The van der Waals surface area contributed by atoms with E-state index in [1.807, 2.05) is 0 Å². The maximum atomic E-state index is 2.49. The zero-order valence-corrected chi connectivity index (χ0v) is 14.1. The van der Waals surface area contributed by atoms with E-state index in [0.717, 1.165) is 0 Å². The lowest BCUT2D eigenvalue weighted by atomic mass is 9.98. The topological polar surface area (TPSA) is 0 Å². The van der Waals surface area contributed by atoms with Gasteiger partial charge in [0.25, 0.3) is 0 Å². The molecule has 0 saturated heterocycles. The van der Waals surface area contributed by atoms with Gasteiger partial charge in [0.1, 0.15) is 0 Å². The van der Waals surface area contributed by atoms with E-state index in [1.165, 1.54) is 89.9 Å². The minimum atomic E-state index is 0.689. The van der Waals surface area contributed by atoms with Crippen molar-refractivity contribution in [2.24, 2.45) is 0 Å². The van der Waals surface area contributed by atoms with Crippen LogP contribution < -0.4 is 0 Å². The summed E-state index contributed by atoms with van der Waals surface area (Å²) < 4.78 is 1.38. The van der Waals surface area contributed by atoms with Crippen molar-refractivity contribution in [2.45, 2.75) is 113 Å². The molecule has 2 saturated carbocycles. The van der Waals surface area contributed by atoms with Crippen molar-refractivity contribution in [3.8, 4) is 0 Å². The van der Waals surface area contributed by atoms with Gasteiger partial charge in [0.15, 0.2) is 0 Å². The Morgan fingerprint density at radius 2 is 1.05 bits per heavy atom. The van der Waals surface area contributed by atoms with Crippen LogP contribution in [0, 0.1) is 0 Å². The number of rotatable bonds is 8. The molecule has 0 aliphatic heterocycles. The third-order valence-corrected chi connectivity index (χ3v) is 7.53. The van der Waals surface area contributed by atoms with Gasteiger partial charge in [-0.1, -0.05) is 65.2 Å². The molecule has 0 radical (unpaired) electrons. The van der Waals surface area contributed by atoms with Crippen molar-refractivity contribution in [3.63, 3.8) is 0 Å². The zero-order chi connectivity index (χ0) is 13.6. The van der Waals surface area contributed by atoms with Crippen LogP contribution in [0.25, 0.3) is 0 Å². The quantitative estimate of drug-likeness (QED) is 0.476. The van der Waals surface area contributed by atoms with E-state index in [0.29, 0.717) is 9.49 Å². The second-order valence-electron chi connectivity index (χ2n) is 7.09. The lowest BCUT2D eigenvalue weighted by molar-refractivity contribution is 0.486. The smallest absolute Gasteiger partial charge is 0.0165 e. The average Bonchev–Trinajstić information content (AvgIpc) is 3.05. The van der Waals surface area contributed by atoms with Gasteiger partial charge in [-0.25, -0.2) is 0 Å². The van der Waals surface area contributed by atoms with Crippen LogP contribution in [0.1, 0.15) is 104 Å². The van der Waals surface area contributed by atoms with Crippen LogP contribution in [0.15, 0.2) is 0 Å². The molecule has 0 bridgehead atoms. The van der Waals surface area contributed by atoms with Crippen LogP contribution >= 0.6 is 11.8 Å². The summed E-state index contributed by atoms with van der Waals surface area (Å²) in [7, 11) is 0. The molecule has 2 rings (SSSR count). The first kappa shape index (κ1) is 15.7. The predicted octanol–water partition coefficient (Wildman–Crippen LogP) is 6.73. The molecule has 0 amide bonds. The Morgan fingerprint density at radius 1 is 0.684 bits per heavy atom. The van der Waals surface area contributed by atoms with E-state index in [2.05, 4.69) is 25.6 Å². The summed E-state index contributed by atoms with van der Waals surface area (Å²) in [6.07, 6.45) is 20.8. The molecule has 0 aromatic rings. The van der Waals surface area contributed by atoms with Gasteiger partial charge in [0.2, 0.25) is 0 Å². The SMILES string of the molecule is CCCCC1(SC2(CCCC)CCCC2)CCCC1. The second-order valence-corrected chi connectivity index (χ2v) is 9.03. The lowest BCUT2D eigenvalue weighted by Crippen LogP contribution is -2.31. The van der Waals surface area contributed by atoms with Gasteiger partial charge in [-0.3, -0.25) is 0 Å². The first-order chi connectivity index (χ1) is 9.24. The zero-order valence-electron chi connectivity index (χ0n) is 13.3. The van der Waals surface area contributed by atoms with Gasteiger partial charge in [0.05, 0.1) is 0 Å². The van der Waals surface area contributed by atoms with Crippen LogP contribution in [-0.4, -0.2) is 9.49 Å². The van der Waals surface area contributed by atoms with Crippen molar-refractivity contribution in [1.82, 2.24) is 0 Å². The Hall–Kier alpha value is 0.350. The molecule has 112 valence electrons. The fraction of sp³-hybridized carbons (Fsp3) is 1.00. The molecule has 1 heteroatoms. The summed E-state index contributed by atoms with van der Waals surface area (Å²) in [5.74, 6) is 0. The monoisotopic (exact) mass is 282 g/mol. The number of unbranched alkanes of at least 4 members (excludes halogenated alkanes) is 2. The minimum Gasteiger partial charge on any atom is -0.148 e. The van der Waals surface area contributed by atoms with Crippen LogP contribution in [-0.2, 0) is 0 Å². The molecule has 0 atom stereocenters. The molecule has 0 spiro atoms. The number of hydrogen-bond donors (Lipinski definition) is 0. The summed E-state index contributed by atoms with van der Waals surface area (Å²) in [6, 6.07) is 0. The summed E-state index contributed by atoms with van der Waals surface area (Å²) in [5, 5.41) is 0. The highest BCUT2D eigenvalue weighted by Gasteiger charge is 2.43. The van der Waals surface area contributed by atoms with Gasteiger partial charge >= 0.3 is 0 Å². The highest BCUT2D eigenvalue weighted by Crippen LogP contribution is 2.56. The van der Waals surface area contributed by atoms with Crippen LogP contribution in [0.4, 0.5) is 0 Å². The fourth-order valence-corrected chi connectivity index (χ4v) is 6.70. The lowest BCUT2D eigenvalue weighted by Gasteiger charge is -2.40. The van der Waals surface area contributed by atoms with Gasteiger partial charge < -0.3 is 0 Å².